The molecule has 2 aliphatic heterocycles. The van der Waals surface area contributed by atoms with Crippen LogP contribution in [-0.2, 0) is 6.54 Å². The van der Waals surface area contributed by atoms with Gasteiger partial charge in [-0.2, -0.15) is 11.8 Å². The summed E-state index contributed by atoms with van der Waals surface area (Å²) in [5.74, 6) is 2.60. The highest BCUT2D eigenvalue weighted by Crippen LogP contribution is 2.34. The van der Waals surface area contributed by atoms with Crippen LogP contribution in [0.1, 0.15) is 18.0 Å². The lowest BCUT2D eigenvalue weighted by Gasteiger charge is -2.43. The zero-order chi connectivity index (χ0) is 15.5. The molecule has 2 aliphatic rings. The fourth-order valence-corrected chi connectivity index (χ4v) is 4.46. The molecule has 1 saturated heterocycles. The predicted octanol–water partition coefficient (Wildman–Crippen LogP) is 1.55. The van der Waals surface area contributed by atoms with E-state index in [2.05, 4.69) is 17.5 Å². The maximum absolute atomic E-state index is 12.0. The monoisotopic (exact) mass is 320 g/mol. The van der Waals surface area contributed by atoms with Gasteiger partial charge in [0, 0.05) is 55.4 Å². The molecule has 4 nitrogen and oxygen atoms in total. The van der Waals surface area contributed by atoms with Gasteiger partial charge in [0.05, 0.1) is 6.10 Å². The van der Waals surface area contributed by atoms with Gasteiger partial charge in [0.15, 0.2) is 0 Å². The number of aliphatic hydroxyl groups excluding tert-OH is 1. The van der Waals surface area contributed by atoms with Gasteiger partial charge in [-0.1, -0.05) is 12.1 Å². The zero-order valence-electron chi connectivity index (χ0n) is 12.9. The number of rotatable bonds is 6. The number of likely N-dealkylation sites (tertiary alicyclic amines) is 1. The molecule has 3 atom stereocenters. The summed E-state index contributed by atoms with van der Waals surface area (Å²) in [6.07, 6.45) is 2.75. The predicted molar refractivity (Wildman–Crippen MR) is 91.5 cm³/mol. The molecule has 1 N–H and O–H groups in total. The number of hydrogen-bond donors (Lipinski definition) is 1. The van der Waals surface area contributed by atoms with E-state index in [9.17, 15) is 9.90 Å². The number of fused-ring (bicyclic) bond motifs is 4. The fraction of sp³-hybridized carbons (Fsp3) is 0.588. The number of aliphatic hydroxyl groups is 1. The van der Waals surface area contributed by atoms with Crippen LogP contribution in [-0.4, -0.2) is 51.8 Å². The average molecular weight is 320 g/mol. The number of thioether (sulfide) groups is 1. The highest BCUT2D eigenvalue weighted by molar-refractivity contribution is 7.99. The van der Waals surface area contributed by atoms with Gasteiger partial charge >= 0.3 is 0 Å². The lowest BCUT2D eigenvalue weighted by molar-refractivity contribution is 0.0717. The second kappa shape index (κ2) is 7.02. The summed E-state index contributed by atoms with van der Waals surface area (Å²) in [6, 6.07) is 5.61. The fourth-order valence-electron chi connectivity index (χ4n) is 3.78. The highest BCUT2D eigenvalue weighted by atomic mass is 32.2. The summed E-state index contributed by atoms with van der Waals surface area (Å²) in [7, 11) is 0. The van der Waals surface area contributed by atoms with E-state index in [1.165, 1.54) is 12.1 Å². The van der Waals surface area contributed by atoms with Crippen molar-refractivity contribution in [1.29, 1.82) is 0 Å². The average Bonchev–Trinajstić information content (AvgIpc) is 2.48. The molecule has 0 amide bonds. The van der Waals surface area contributed by atoms with Crippen molar-refractivity contribution in [3.05, 3.63) is 46.9 Å². The Morgan fingerprint density at radius 3 is 3.09 bits per heavy atom. The number of β-amino-alcohol motifs (C(OH)–C–C–N with tert-alkyl or cyclic N) is 1. The molecule has 1 aromatic rings. The van der Waals surface area contributed by atoms with E-state index < -0.39 is 0 Å². The molecule has 3 rings (SSSR count). The first-order chi connectivity index (χ1) is 10.7. The molecular weight excluding hydrogens is 296 g/mol. The minimum atomic E-state index is -0.290. The smallest absolute Gasteiger partial charge is 0.250 e. The number of aromatic nitrogens is 1. The molecule has 0 spiro atoms. The second-order valence-electron chi connectivity index (χ2n) is 6.40. The van der Waals surface area contributed by atoms with Crippen LogP contribution in [0.15, 0.2) is 35.6 Å². The van der Waals surface area contributed by atoms with E-state index in [1.807, 2.05) is 16.7 Å². The van der Waals surface area contributed by atoms with Crippen LogP contribution >= 0.6 is 11.8 Å². The van der Waals surface area contributed by atoms with Crippen LogP contribution < -0.4 is 5.56 Å². The first kappa shape index (κ1) is 15.8. The molecule has 5 heteroatoms. The van der Waals surface area contributed by atoms with Gasteiger partial charge in [0.25, 0.3) is 5.56 Å². The lowest BCUT2D eigenvalue weighted by Crippen LogP contribution is -2.49. The number of pyridine rings is 1. The van der Waals surface area contributed by atoms with Crippen LogP contribution in [0.25, 0.3) is 0 Å². The van der Waals surface area contributed by atoms with E-state index in [0.717, 1.165) is 37.7 Å². The van der Waals surface area contributed by atoms with E-state index in [0.29, 0.717) is 11.8 Å². The summed E-state index contributed by atoms with van der Waals surface area (Å²) in [5, 5.41) is 10.2. The van der Waals surface area contributed by atoms with Crippen molar-refractivity contribution >= 4 is 11.8 Å². The molecule has 0 aromatic carbocycles. The minimum absolute atomic E-state index is 0.126. The molecule has 0 aliphatic carbocycles. The van der Waals surface area contributed by atoms with Crippen molar-refractivity contribution in [2.45, 2.75) is 25.0 Å². The summed E-state index contributed by atoms with van der Waals surface area (Å²) in [5.41, 5.74) is 1.30. The SMILES string of the molecule is C=CCSCC(O)CN1CC2C[C@H](C1)c1cccc(=O)n1C2. The molecule has 2 bridgehead atoms. The third kappa shape index (κ3) is 3.47. The Morgan fingerprint density at radius 2 is 2.27 bits per heavy atom. The van der Waals surface area contributed by atoms with Crippen LogP contribution in [0, 0.1) is 5.92 Å². The van der Waals surface area contributed by atoms with Gasteiger partial charge in [-0.15, -0.1) is 6.58 Å². The standard InChI is InChI=1S/C17H24N2O2S/c1-2-6-22-12-15(20)11-18-8-13-7-14(10-18)16-4-3-5-17(21)19(16)9-13/h2-5,13-15,20H,1,6-12H2/t13?,14-,15?/m1/s1. The van der Waals surface area contributed by atoms with Crippen LogP contribution in [0.5, 0.6) is 0 Å². The van der Waals surface area contributed by atoms with Crippen molar-refractivity contribution in [3.63, 3.8) is 0 Å². The Morgan fingerprint density at radius 1 is 1.41 bits per heavy atom. The van der Waals surface area contributed by atoms with Crippen molar-refractivity contribution in [3.8, 4) is 0 Å². The van der Waals surface area contributed by atoms with E-state index >= 15 is 0 Å². The maximum atomic E-state index is 12.0. The summed E-state index contributed by atoms with van der Waals surface area (Å²) >= 11 is 1.72. The molecule has 3 heterocycles. The van der Waals surface area contributed by atoms with Gasteiger partial charge in [-0.25, -0.2) is 0 Å². The third-order valence-corrected chi connectivity index (χ3v) is 5.66. The molecule has 22 heavy (non-hydrogen) atoms. The summed E-state index contributed by atoms with van der Waals surface area (Å²) < 4.78 is 1.95. The first-order valence-corrected chi connectivity index (χ1v) is 9.11. The van der Waals surface area contributed by atoms with E-state index in [1.54, 1.807) is 17.8 Å². The van der Waals surface area contributed by atoms with Crippen molar-refractivity contribution in [2.75, 3.05) is 31.1 Å². The Labute approximate surface area is 135 Å². The number of hydrogen-bond acceptors (Lipinski definition) is 4. The molecule has 0 radical (unpaired) electrons. The number of piperidine rings is 1. The van der Waals surface area contributed by atoms with E-state index in [-0.39, 0.29) is 11.7 Å². The molecule has 120 valence electrons. The van der Waals surface area contributed by atoms with Gasteiger partial charge in [-0.3, -0.25) is 9.69 Å². The lowest BCUT2D eigenvalue weighted by atomic mass is 9.83. The van der Waals surface area contributed by atoms with Crippen molar-refractivity contribution in [2.24, 2.45) is 5.92 Å². The van der Waals surface area contributed by atoms with Gasteiger partial charge in [0.2, 0.25) is 0 Å². The van der Waals surface area contributed by atoms with Crippen LogP contribution in [0.4, 0.5) is 0 Å². The Kier molecular flexibility index (Phi) is 5.06. The Hall–Kier alpha value is -1.04. The van der Waals surface area contributed by atoms with Gasteiger partial charge < -0.3 is 9.67 Å². The molecule has 1 fully saturated rings. The summed E-state index contributed by atoms with van der Waals surface area (Å²) in [6.45, 7) is 7.19. The van der Waals surface area contributed by atoms with Crippen LogP contribution in [0.2, 0.25) is 0 Å². The normalized spacial score (nSPS) is 25.5. The third-order valence-electron chi connectivity index (χ3n) is 4.57. The van der Waals surface area contributed by atoms with Gasteiger partial charge in [0.1, 0.15) is 0 Å². The maximum Gasteiger partial charge on any atom is 0.250 e. The topological polar surface area (TPSA) is 45.5 Å². The molecule has 0 saturated carbocycles. The molecule has 1 aromatic heterocycles. The van der Waals surface area contributed by atoms with Crippen molar-refractivity contribution < 1.29 is 5.11 Å². The van der Waals surface area contributed by atoms with E-state index in [4.69, 9.17) is 0 Å². The largest absolute Gasteiger partial charge is 0.391 e. The molecular formula is C17H24N2O2S. The summed E-state index contributed by atoms with van der Waals surface area (Å²) in [4.78, 5) is 14.4. The second-order valence-corrected chi connectivity index (χ2v) is 7.47. The Bertz CT molecular complexity index is 586. The number of nitrogens with zero attached hydrogens (tertiary/aromatic N) is 2. The first-order valence-electron chi connectivity index (χ1n) is 7.96. The molecule has 2 unspecified atom stereocenters. The quantitative estimate of drug-likeness (QED) is 0.638. The minimum Gasteiger partial charge on any atom is -0.391 e. The van der Waals surface area contributed by atoms with Crippen molar-refractivity contribution in [1.82, 2.24) is 9.47 Å². The Balaban J connectivity index is 1.63. The highest BCUT2D eigenvalue weighted by Gasteiger charge is 2.34. The van der Waals surface area contributed by atoms with Gasteiger partial charge in [-0.05, 0) is 18.4 Å². The van der Waals surface area contributed by atoms with Crippen LogP contribution in [0.3, 0.4) is 0 Å². The zero-order valence-corrected chi connectivity index (χ0v) is 13.7.